The molecule has 10 nitrogen and oxygen atoms in total. The third kappa shape index (κ3) is 5.60. The van der Waals surface area contributed by atoms with Crippen LogP contribution >= 0.6 is 0 Å². The van der Waals surface area contributed by atoms with Crippen molar-refractivity contribution in [3.63, 3.8) is 0 Å². The van der Waals surface area contributed by atoms with Crippen molar-refractivity contribution in [3.8, 4) is 28.3 Å². The van der Waals surface area contributed by atoms with Crippen molar-refractivity contribution in [2.45, 2.75) is 13.5 Å². The van der Waals surface area contributed by atoms with Gasteiger partial charge in [0.05, 0.1) is 35.0 Å². The first-order chi connectivity index (χ1) is 21.4. The quantitative estimate of drug-likeness (QED) is 0.258. The van der Waals surface area contributed by atoms with Gasteiger partial charge in [-0.25, -0.2) is 12.8 Å². The molecule has 3 heterocycles. The fourth-order valence-corrected chi connectivity index (χ4v) is 5.72. The van der Waals surface area contributed by atoms with E-state index in [1.165, 1.54) is 43.4 Å². The van der Waals surface area contributed by atoms with Gasteiger partial charge < -0.3 is 19.4 Å². The Labute approximate surface area is 259 Å². The molecule has 0 bridgehead atoms. The van der Waals surface area contributed by atoms with Gasteiger partial charge in [-0.1, -0.05) is 42.0 Å². The predicted molar refractivity (Wildman–Crippen MR) is 168 cm³/mol. The number of sulfonamides is 1. The standard InChI is InChI=1S/C33H29FN4O6S/c1-19-5-9-21(10-6-19)31-30(32(39)35-2)24-13-23(27(15-28(24)44-31)37(3)45(4,41)42)26-14-25-29(16-36-26)43-18-38(33(25)40)17-20-7-11-22(34)12-8-20/h5-16H,17-18H2,1-4H3,(H,35,39). The van der Waals surface area contributed by atoms with Gasteiger partial charge >= 0.3 is 0 Å². The number of fused-ring (bicyclic) bond motifs is 2. The van der Waals surface area contributed by atoms with E-state index in [2.05, 4.69) is 10.3 Å². The largest absolute Gasteiger partial charge is 0.471 e. The number of carbonyl (C=O) groups excluding carboxylic acids is 2. The van der Waals surface area contributed by atoms with Gasteiger partial charge in [0.25, 0.3) is 11.8 Å². The number of pyridine rings is 1. The molecular formula is C33H29FN4O6S. The van der Waals surface area contributed by atoms with E-state index in [1.807, 2.05) is 31.2 Å². The lowest BCUT2D eigenvalue weighted by molar-refractivity contribution is 0.0497. The van der Waals surface area contributed by atoms with Crippen LogP contribution in [0.25, 0.3) is 33.6 Å². The Hall–Kier alpha value is -5.23. The average Bonchev–Trinajstić information content (AvgIpc) is 3.40. The van der Waals surface area contributed by atoms with E-state index in [-0.39, 0.29) is 53.3 Å². The Morgan fingerprint density at radius 1 is 1.07 bits per heavy atom. The molecule has 3 aromatic carbocycles. The number of aryl methyl sites for hydroxylation is 1. The van der Waals surface area contributed by atoms with E-state index in [0.717, 1.165) is 21.7 Å². The summed E-state index contributed by atoms with van der Waals surface area (Å²) in [4.78, 5) is 32.8. The Balaban J connectivity index is 1.51. The number of anilines is 1. The maximum absolute atomic E-state index is 13.6. The number of benzene rings is 3. The van der Waals surface area contributed by atoms with E-state index in [0.29, 0.717) is 27.9 Å². The number of carbonyl (C=O) groups is 2. The SMILES string of the molecule is CNC(=O)c1c(-c2ccc(C)cc2)oc2cc(N(C)S(C)(=O)=O)c(-c3cc4c(cn3)OCN(Cc3ccc(F)cc3)C4=O)cc12. The zero-order valence-corrected chi connectivity index (χ0v) is 25.7. The Morgan fingerprint density at radius 3 is 2.44 bits per heavy atom. The molecule has 5 aromatic rings. The summed E-state index contributed by atoms with van der Waals surface area (Å²) in [5.41, 5.74) is 4.08. The molecular weight excluding hydrogens is 599 g/mol. The summed E-state index contributed by atoms with van der Waals surface area (Å²) in [6.07, 6.45) is 2.49. The van der Waals surface area contributed by atoms with Gasteiger partial charge in [-0.05, 0) is 36.8 Å². The zero-order valence-electron chi connectivity index (χ0n) is 24.9. The molecule has 0 unspecified atom stereocenters. The highest BCUT2D eigenvalue weighted by Gasteiger charge is 2.30. The number of rotatable bonds is 7. The molecule has 0 atom stereocenters. The van der Waals surface area contributed by atoms with Gasteiger partial charge in [-0.3, -0.25) is 18.9 Å². The molecule has 2 amide bonds. The average molecular weight is 629 g/mol. The minimum absolute atomic E-state index is 0.0233. The van der Waals surface area contributed by atoms with E-state index in [1.54, 1.807) is 24.3 Å². The molecule has 1 aliphatic rings. The second-order valence-corrected chi connectivity index (χ2v) is 12.8. The number of furan rings is 1. The lowest BCUT2D eigenvalue weighted by atomic mass is 9.99. The lowest BCUT2D eigenvalue weighted by Crippen LogP contribution is -2.38. The summed E-state index contributed by atoms with van der Waals surface area (Å²) < 4.78 is 52.1. The number of ether oxygens (including phenoxy) is 1. The van der Waals surface area contributed by atoms with Gasteiger partial charge in [0.15, 0.2) is 12.5 Å². The van der Waals surface area contributed by atoms with Crippen molar-refractivity contribution in [3.05, 3.63) is 101 Å². The summed E-state index contributed by atoms with van der Waals surface area (Å²) in [7, 11) is -0.834. The van der Waals surface area contributed by atoms with Gasteiger partial charge in [0, 0.05) is 43.2 Å². The number of amides is 2. The highest BCUT2D eigenvalue weighted by molar-refractivity contribution is 7.92. The van der Waals surface area contributed by atoms with Crippen molar-refractivity contribution >= 4 is 38.5 Å². The van der Waals surface area contributed by atoms with Crippen LogP contribution in [0.5, 0.6) is 5.75 Å². The van der Waals surface area contributed by atoms with Gasteiger partial charge in [-0.15, -0.1) is 0 Å². The van der Waals surface area contributed by atoms with Gasteiger partial charge in [-0.2, -0.15) is 0 Å². The first-order valence-corrected chi connectivity index (χ1v) is 15.8. The molecule has 2 aromatic heterocycles. The van der Waals surface area contributed by atoms with E-state index in [9.17, 15) is 22.4 Å². The van der Waals surface area contributed by atoms with Crippen molar-refractivity contribution in [2.75, 3.05) is 31.4 Å². The minimum Gasteiger partial charge on any atom is -0.471 e. The van der Waals surface area contributed by atoms with Crippen LogP contribution in [0.2, 0.25) is 0 Å². The van der Waals surface area contributed by atoms with E-state index < -0.39 is 15.9 Å². The van der Waals surface area contributed by atoms with Crippen LogP contribution in [0.3, 0.4) is 0 Å². The number of aromatic nitrogens is 1. The molecule has 1 aliphatic heterocycles. The summed E-state index contributed by atoms with van der Waals surface area (Å²) in [6.45, 7) is 2.12. The van der Waals surface area contributed by atoms with E-state index >= 15 is 0 Å². The van der Waals surface area contributed by atoms with Crippen LogP contribution in [-0.4, -0.2) is 57.2 Å². The zero-order chi connectivity index (χ0) is 32.0. The van der Waals surface area contributed by atoms with Gasteiger partial charge in [0.2, 0.25) is 10.0 Å². The molecule has 12 heteroatoms. The predicted octanol–water partition coefficient (Wildman–Crippen LogP) is 5.36. The van der Waals surface area contributed by atoms with Crippen LogP contribution in [0.1, 0.15) is 31.8 Å². The van der Waals surface area contributed by atoms with Crippen LogP contribution in [0, 0.1) is 12.7 Å². The molecule has 0 spiro atoms. The topological polar surface area (TPSA) is 122 Å². The fraction of sp³-hybridized carbons (Fsp3) is 0.182. The second kappa shape index (κ2) is 11.4. The smallest absolute Gasteiger partial charge is 0.260 e. The highest BCUT2D eigenvalue weighted by Crippen LogP contribution is 2.42. The number of halogens is 1. The maximum Gasteiger partial charge on any atom is 0.260 e. The highest BCUT2D eigenvalue weighted by atomic mass is 32.2. The molecule has 0 radical (unpaired) electrons. The molecule has 45 heavy (non-hydrogen) atoms. The molecule has 1 N–H and O–H groups in total. The third-order valence-electron chi connectivity index (χ3n) is 7.73. The minimum atomic E-state index is -3.75. The third-order valence-corrected chi connectivity index (χ3v) is 8.93. The number of hydrogen-bond acceptors (Lipinski definition) is 7. The number of hydrogen-bond donors (Lipinski definition) is 1. The molecule has 0 saturated carbocycles. The second-order valence-electron chi connectivity index (χ2n) is 10.8. The van der Waals surface area contributed by atoms with Crippen LogP contribution in [0.15, 0.2) is 77.3 Å². The molecule has 230 valence electrons. The van der Waals surface area contributed by atoms with E-state index in [4.69, 9.17) is 9.15 Å². The number of nitrogens with one attached hydrogen (secondary N) is 1. The summed E-state index contributed by atoms with van der Waals surface area (Å²) in [5, 5.41) is 3.10. The van der Waals surface area contributed by atoms with Crippen LogP contribution in [-0.2, 0) is 16.6 Å². The molecule has 0 saturated heterocycles. The first-order valence-electron chi connectivity index (χ1n) is 13.9. The molecule has 0 fully saturated rings. The molecule has 0 aliphatic carbocycles. The van der Waals surface area contributed by atoms with Crippen molar-refractivity contribution in [1.29, 1.82) is 0 Å². The summed E-state index contributed by atoms with van der Waals surface area (Å²) in [5.74, 6) is -0.504. The van der Waals surface area contributed by atoms with Crippen LogP contribution in [0.4, 0.5) is 10.1 Å². The van der Waals surface area contributed by atoms with Crippen molar-refractivity contribution < 1.29 is 31.6 Å². The summed E-state index contributed by atoms with van der Waals surface area (Å²) in [6, 6.07) is 18.1. The monoisotopic (exact) mass is 628 g/mol. The maximum atomic E-state index is 13.6. The van der Waals surface area contributed by atoms with Gasteiger partial charge in [0.1, 0.15) is 17.2 Å². The van der Waals surface area contributed by atoms with Crippen molar-refractivity contribution in [2.24, 2.45) is 0 Å². The first kappa shape index (κ1) is 29.8. The Kier molecular flexibility index (Phi) is 7.53. The van der Waals surface area contributed by atoms with Crippen molar-refractivity contribution in [1.82, 2.24) is 15.2 Å². The number of nitrogens with zero attached hydrogens (tertiary/aromatic N) is 3. The van der Waals surface area contributed by atoms with Crippen LogP contribution < -0.4 is 14.4 Å². The Bertz CT molecular complexity index is 2080. The Morgan fingerprint density at radius 2 is 1.78 bits per heavy atom. The summed E-state index contributed by atoms with van der Waals surface area (Å²) >= 11 is 0. The normalized spacial score (nSPS) is 13.0. The molecule has 6 rings (SSSR count). The fourth-order valence-electron chi connectivity index (χ4n) is 5.21. The lowest BCUT2D eigenvalue weighted by Gasteiger charge is -2.29.